The number of nitrogens with one attached hydrogen (secondary N) is 2. The number of fused-ring (bicyclic) bond motifs is 3. The number of amides is 2. The smallest absolute Gasteiger partial charge is 0.411 e. The van der Waals surface area contributed by atoms with Crippen LogP contribution in [0.15, 0.2) is 66.7 Å². The van der Waals surface area contributed by atoms with Crippen molar-refractivity contribution < 1.29 is 28.6 Å². The largest absolute Gasteiger partial charge is 0.480 e. The van der Waals surface area contributed by atoms with E-state index in [0.717, 1.165) is 34.4 Å². The summed E-state index contributed by atoms with van der Waals surface area (Å²) in [5.74, 6) is -2.97. The van der Waals surface area contributed by atoms with Crippen LogP contribution in [0, 0.1) is 5.82 Å². The van der Waals surface area contributed by atoms with Crippen molar-refractivity contribution in [3.05, 3.63) is 89.2 Å². The summed E-state index contributed by atoms with van der Waals surface area (Å²) < 4.78 is 19.3. The average molecular weight is 462 g/mol. The van der Waals surface area contributed by atoms with Gasteiger partial charge in [-0.15, -0.1) is 0 Å². The molecule has 3 N–H and O–H groups in total. The monoisotopic (exact) mass is 462 g/mol. The lowest BCUT2D eigenvalue weighted by Crippen LogP contribution is -2.49. The molecular formula is C26H23FN2O5. The van der Waals surface area contributed by atoms with Crippen molar-refractivity contribution >= 4 is 23.7 Å². The number of anilines is 1. The molecule has 0 bridgehead atoms. The van der Waals surface area contributed by atoms with Crippen molar-refractivity contribution in [1.29, 1.82) is 0 Å². The molecule has 3 aromatic rings. The standard InChI is InChI=1S/C26H23FN2O5/c1-26(2,24(31)32)29-23(30)20-13-15(27)11-12-22(20)28-25(33)34-14-21-18-9-5-3-7-16(18)17-8-4-6-10-19(17)21/h3-13,21H,14H2,1-2H3,(H,28,33)(H,29,30)(H,31,32). The van der Waals surface area contributed by atoms with E-state index in [1.165, 1.54) is 19.9 Å². The van der Waals surface area contributed by atoms with Gasteiger partial charge in [-0.1, -0.05) is 48.5 Å². The number of halogens is 1. The number of hydrogen-bond acceptors (Lipinski definition) is 4. The van der Waals surface area contributed by atoms with Gasteiger partial charge in [0.05, 0.1) is 11.3 Å². The van der Waals surface area contributed by atoms with Crippen molar-refractivity contribution in [1.82, 2.24) is 5.32 Å². The third kappa shape index (κ3) is 4.47. The van der Waals surface area contributed by atoms with Crippen LogP contribution in [0.25, 0.3) is 11.1 Å². The summed E-state index contributed by atoms with van der Waals surface area (Å²) in [4.78, 5) is 36.5. The second-order valence-electron chi connectivity index (χ2n) is 8.52. The van der Waals surface area contributed by atoms with Gasteiger partial charge in [-0.05, 0) is 54.3 Å². The Bertz CT molecular complexity index is 1240. The van der Waals surface area contributed by atoms with Gasteiger partial charge in [0.2, 0.25) is 0 Å². The zero-order valence-corrected chi connectivity index (χ0v) is 18.6. The fraction of sp³-hybridized carbons (Fsp3) is 0.192. The summed E-state index contributed by atoms with van der Waals surface area (Å²) in [6, 6.07) is 19.0. The molecular weight excluding hydrogens is 439 g/mol. The Kier molecular flexibility index (Phi) is 6.06. The second-order valence-corrected chi connectivity index (χ2v) is 8.52. The van der Waals surface area contributed by atoms with Gasteiger partial charge < -0.3 is 15.2 Å². The van der Waals surface area contributed by atoms with Crippen LogP contribution in [0.3, 0.4) is 0 Å². The Morgan fingerprint density at radius 3 is 2.15 bits per heavy atom. The zero-order valence-electron chi connectivity index (χ0n) is 18.6. The molecule has 0 aromatic heterocycles. The van der Waals surface area contributed by atoms with Crippen LogP contribution >= 0.6 is 0 Å². The Morgan fingerprint density at radius 2 is 1.56 bits per heavy atom. The number of hydrogen-bond donors (Lipinski definition) is 3. The third-order valence-electron chi connectivity index (χ3n) is 5.77. The van der Waals surface area contributed by atoms with Crippen LogP contribution in [0.4, 0.5) is 14.9 Å². The van der Waals surface area contributed by atoms with Gasteiger partial charge in [0, 0.05) is 5.92 Å². The predicted octanol–water partition coefficient (Wildman–Crippen LogP) is 4.78. The maximum absolute atomic E-state index is 13.8. The Hall–Kier alpha value is -4.20. The van der Waals surface area contributed by atoms with Gasteiger partial charge in [-0.3, -0.25) is 10.1 Å². The minimum Gasteiger partial charge on any atom is -0.480 e. The quantitative estimate of drug-likeness (QED) is 0.489. The van der Waals surface area contributed by atoms with Crippen LogP contribution in [-0.2, 0) is 9.53 Å². The van der Waals surface area contributed by atoms with E-state index in [9.17, 15) is 23.9 Å². The Balaban J connectivity index is 1.49. The van der Waals surface area contributed by atoms with Crippen LogP contribution in [0.1, 0.15) is 41.3 Å². The minimum absolute atomic E-state index is 0.00249. The molecule has 34 heavy (non-hydrogen) atoms. The molecule has 0 unspecified atom stereocenters. The maximum Gasteiger partial charge on any atom is 0.411 e. The highest BCUT2D eigenvalue weighted by Crippen LogP contribution is 2.44. The Labute approximate surface area is 195 Å². The highest BCUT2D eigenvalue weighted by molar-refractivity contribution is 6.04. The molecule has 0 aliphatic heterocycles. The van der Waals surface area contributed by atoms with Crippen LogP contribution in [0.5, 0.6) is 0 Å². The number of ether oxygens (including phenoxy) is 1. The first-order chi connectivity index (χ1) is 16.2. The van der Waals surface area contributed by atoms with Crippen LogP contribution in [0.2, 0.25) is 0 Å². The molecule has 7 nitrogen and oxygen atoms in total. The lowest BCUT2D eigenvalue weighted by atomic mass is 9.98. The lowest BCUT2D eigenvalue weighted by Gasteiger charge is -2.22. The number of benzene rings is 3. The van der Waals surface area contributed by atoms with E-state index in [1.807, 2.05) is 48.5 Å². The van der Waals surface area contributed by atoms with Gasteiger partial charge in [-0.2, -0.15) is 0 Å². The van der Waals surface area contributed by atoms with E-state index in [-0.39, 0.29) is 23.8 Å². The molecule has 1 aliphatic rings. The fourth-order valence-electron chi connectivity index (χ4n) is 3.96. The van der Waals surface area contributed by atoms with Gasteiger partial charge >= 0.3 is 12.1 Å². The van der Waals surface area contributed by atoms with Crippen LogP contribution < -0.4 is 10.6 Å². The maximum atomic E-state index is 13.8. The van der Waals surface area contributed by atoms with Crippen molar-refractivity contribution in [3.8, 4) is 11.1 Å². The first-order valence-electron chi connectivity index (χ1n) is 10.6. The van der Waals surface area contributed by atoms with E-state index in [2.05, 4.69) is 10.6 Å². The molecule has 174 valence electrons. The SMILES string of the molecule is CC(C)(NC(=O)c1cc(F)ccc1NC(=O)OCC1c2ccccc2-c2ccccc21)C(=O)O. The molecule has 0 radical (unpaired) electrons. The summed E-state index contributed by atoms with van der Waals surface area (Å²) in [5.41, 5.74) is 2.46. The van der Waals surface area contributed by atoms with Gasteiger partial charge in [-0.25, -0.2) is 14.0 Å². The molecule has 1 aliphatic carbocycles. The van der Waals surface area contributed by atoms with Gasteiger partial charge in [0.15, 0.2) is 0 Å². The van der Waals surface area contributed by atoms with Crippen LogP contribution in [-0.4, -0.2) is 35.2 Å². The minimum atomic E-state index is -1.59. The number of carbonyl (C=O) groups excluding carboxylic acids is 2. The highest BCUT2D eigenvalue weighted by Gasteiger charge is 2.31. The highest BCUT2D eigenvalue weighted by atomic mass is 19.1. The molecule has 0 atom stereocenters. The molecule has 8 heteroatoms. The van der Waals surface area contributed by atoms with E-state index in [1.54, 1.807) is 0 Å². The predicted molar refractivity (Wildman–Crippen MR) is 124 cm³/mol. The number of aliphatic carboxylic acids is 1. The van der Waals surface area contributed by atoms with Crippen molar-refractivity contribution in [3.63, 3.8) is 0 Å². The first kappa shape index (κ1) is 23.0. The zero-order chi connectivity index (χ0) is 24.5. The number of rotatable bonds is 6. The molecule has 0 spiro atoms. The molecule has 4 rings (SSSR count). The normalized spacial score (nSPS) is 12.4. The number of carboxylic acids is 1. The number of carboxylic acid groups (broad SMARTS) is 1. The van der Waals surface area contributed by atoms with Gasteiger partial charge in [0.1, 0.15) is 18.0 Å². The second kappa shape index (κ2) is 8.97. The number of carbonyl (C=O) groups is 3. The molecule has 0 saturated heterocycles. The third-order valence-corrected chi connectivity index (χ3v) is 5.77. The van der Waals surface area contributed by atoms with Gasteiger partial charge in [0.25, 0.3) is 5.91 Å². The van der Waals surface area contributed by atoms with Crippen molar-refractivity contribution in [2.45, 2.75) is 25.3 Å². The molecule has 3 aromatic carbocycles. The molecule has 0 heterocycles. The fourth-order valence-corrected chi connectivity index (χ4v) is 3.96. The van der Waals surface area contributed by atoms with E-state index < -0.39 is 29.3 Å². The summed E-state index contributed by atoms with van der Waals surface area (Å²) in [5, 5.41) is 14.0. The van der Waals surface area contributed by atoms with E-state index in [4.69, 9.17) is 4.74 Å². The van der Waals surface area contributed by atoms with Crippen molar-refractivity contribution in [2.75, 3.05) is 11.9 Å². The Morgan fingerprint density at radius 1 is 0.971 bits per heavy atom. The lowest BCUT2D eigenvalue weighted by molar-refractivity contribution is -0.143. The summed E-state index contributed by atoms with van der Waals surface area (Å²) in [7, 11) is 0. The molecule has 2 amide bonds. The van der Waals surface area contributed by atoms with Crippen molar-refractivity contribution in [2.24, 2.45) is 0 Å². The van der Waals surface area contributed by atoms with E-state index in [0.29, 0.717) is 0 Å². The molecule has 0 saturated carbocycles. The summed E-state index contributed by atoms with van der Waals surface area (Å²) >= 11 is 0. The topological polar surface area (TPSA) is 105 Å². The summed E-state index contributed by atoms with van der Waals surface area (Å²) in [6.45, 7) is 2.66. The van der Waals surface area contributed by atoms with E-state index >= 15 is 0 Å². The first-order valence-corrected chi connectivity index (χ1v) is 10.6. The summed E-state index contributed by atoms with van der Waals surface area (Å²) in [6.07, 6.45) is -0.819. The average Bonchev–Trinajstić information content (AvgIpc) is 3.12. The molecule has 0 fully saturated rings.